The first-order chi connectivity index (χ1) is 15.1. The van der Waals surface area contributed by atoms with Crippen LogP contribution in [-0.2, 0) is 11.3 Å². The third-order valence-corrected chi connectivity index (χ3v) is 6.64. The fourth-order valence-corrected chi connectivity index (χ4v) is 4.60. The van der Waals surface area contributed by atoms with Crippen molar-refractivity contribution in [2.75, 3.05) is 12.9 Å². The van der Waals surface area contributed by atoms with Gasteiger partial charge in [0.05, 0.1) is 25.7 Å². The van der Waals surface area contributed by atoms with E-state index in [1.54, 1.807) is 13.4 Å². The van der Waals surface area contributed by atoms with Crippen LogP contribution in [0.3, 0.4) is 0 Å². The normalized spacial score (nSPS) is 18.6. The van der Waals surface area contributed by atoms with Crippen molar-refractivity contribution in [1.29, 1.82) is 0 Å². The van der Waals surface area contributed by atoms with Crippen molar-refractivity contribution in [2.24, 2.45) is 5.92 Å². The summed E-state index contributed by atoms with van der Waals surface area (Å²) in [4.78, 5) is 12.5. The first-order valence-electron chi connectivity index (χ1n) is 10.6. The Bertz CT molecular complexity index is 977. The molecule has 0 aliphatic heterocycles. The van der Waals surface area contributed by atoms with Crippen LogP contribution < -0.4 is 10.1 Å². The van der Waals surface area contributed by atoms with Crippen molar-refractivity contribution in [3.05, 3.63) is 48.4 Å². The zero-order valence-electron chi connectivity index (χ0n) is 17.9. The molecule has 4 rings (SSSR count). The van der Waals surface area contributed by atoms with Crippen LogP contribution in [0.2, 0.25) is 0 Å². The molecule has 1 fully saturated rings. The van der Waals surface area contributed by atoms with Gasteiger partial charge in [0.15, 0.2) is 11.0 Å². The van der Waals surface area contributed by atoms with E-state index in [-0.39, 0.29) is 5.91 Å². The second kappa shape index (κ2) is 10.0. The summed E-state index contributed by atoms with van der Waals surface area (Å²) in [6.45, 7) is 2.77. The third kappa shape index (κ3) is 5.50. The number of aromatic nitrogens is 3. The first kappa shape index (κ1) is 21.5. The summed E-state index contributed by atoms with van der Waals surface area (Å²) in [6, 6.07) is 11.8. The van der Waals surface area contributed by atoms with Gasteiger partial charge < -0.3 is 14.5 Å². The molecule has 1 amide bonds. The highest BCUT2D eigenvalue weighted by Crippen LogP contribution is 2.27. The fourth-order valence-electron chi connectivity index (χ4n) is 3.85. The Kier molecular flexibility index (Phi) is 6.96. The Morgan fingerprint density at radius 2 is 1.97 bits per heavy atom. The van der Waals surface area contributed by atoms with Gasteiger partial charge in [-0.3, -0.25) is 9.36 Å². The molecule has 0 spiro atoms. The molecule has 0 saturated heterocycles. The quantitative estimate of drug-likeness (QED) is 0.524. The zero-order chi connectivity index (χ0) is 21.6. The number of hydrogen-bond acceptors (Lipinski definition) is 6. The monoisotopic (exact) mass is 440 g/mol. The maximum Gasteiger partial charge on any atom is 0.230 e. The highest BCUT2D eigenvalue weighted by Gasteiger charge is 2.21. The number of hydrogen-bond donors (Lipinski definition) is 1. The van der Waals surface area contributed by atoms with Crippen molar-refractivity contribution in [3.8, 4) is 17.1 Å². The maximum atomic E-state index is 12.5. The summed E-state index contributed by atoms with van der Waals surface area (Å²) in [5.74, 6) is 3.43. The lowest BCUT2D eigenvalue weighted by Gasteiger charge is -2.26. The van der Waals surface area contributed by atoms with Crippen molar-refractivity contribution in [1.82, 2.24) is 20.1 Å². The predicted octanol–water partition coefficient (Wildman–Crippen LogP) is 4.38. The highest BCUT2D eigenvalue weighted by molar-refractivity contribution is 7.99. The van der Waals surface area contributed by atoms with Gasteiger partial charge in [0.1, 0.15) is 11.5 Å². The van der Waals surface area contributed by atoms with Crippen LogP contribution >= 0.6 is 11.8 Å². The Morgan fingerprint density at radius 3 is 2.65 bits per heavy atom. The van der Waals surface area contributed by atoms with Gasteiger partial charge in [0, 0.05) is 11.6 Å². The van der Waals surface area contributed by atoms with E-state index in [2.05, 4.69) is 22.4 Å². The second-order valence-electron chi connectivity index (χ2n) is 8.01. The molecular weight excluding hydrogens is 412 g/mol. The van der Waals surface area contributed by atoms with E-state index in [1.807, 2.05) is 41.0 Å². The van der Waals surface area contributed by atoms with E-state index < -0.39 is 0 Å². The van der Waals surface area contributed by atoms with Crippen LogP contribution in [0, 0.1) is 5.92 Å². The van der Waals surface area contributed by atoms with Crippen LogP contribution in [0.15, 0.2) is 52.2 Å². The number of benzene rings is 1. The molecule has 164 valence electrons. The Labute approximate surface area is 186 Å². The molecule has 1 saturated carbocycles. The molecule has 0 radical (unpaired) electrons. The smallest absolute Gasteiger partial charge is 0.230 e. The fraction of sp³-hybridized carbons (Fsp3) is 0.435. The lowest BCUT2D eigenvalue weighted by Crippen LogP contribution is -2.38. The highest BCUT2D eigenvalue weighted by atomic mass is 32.2. The number of nitrogens with zero attached hydrogens (tertiary/aromatic N) is 3. The summed E-state index contributed by atoms with van der Waals surface area (Å²) in [6.07, 6.45) is 6.14. The minimum absolute atomic E-state index is 0.0445. The third-order valence-electron chi connectivity index (χ3n) is 5.67. The first-order valence-corrected chi connectivity index (χ1v) is 11.6. The van der Waals surface area contributed by atoms with Crippen molar-refractivity contribution < 1.29 is 13.9 Å². The number of carbonyl (C=O) groups excluding carboxylic acids is 1. The summed E-state index contributed by atoms with van der Waals surface area (Å²) >= 11 is 1.40. The second-order valence-corrected chi connectivity index (χ2v) is 8.96. The van der Waals surface area contributed by atoms with Crippen molar-refractivity contribution in [2.45, 2.75) is 50.4 Å². The summed E-state index contributed by atoms with van der Waals surface area (Å²) in [7, 11) is 1.64. The van der Waals surface area contributed by atoms with Gasteiger partial charge in [-0.2, -0.15) is 0 Å². The number of carbonyl (C=O) groups is 1. The SMILES string of the molecule is COc1ccc(-c2nnc(SCC(=O)NC3CCC(C)CC3)n2Cc2ccco2)cc1. The lowest BCUT2D eigenvalue weighted by atomic mass is 9.87. The number of thioether (sulfide) groups is 1. The lowest BCUT2D eigenvalue weighted by molar-refractivity contribution is -0.119. The van der Waals surface area contributed by atoms with E-state index >= 15 is 0 Å². The van der Waals surface area contributed by atoms with E-state index in [0.29, 0.717) is 23.5 Å². The summed E-state index contributed by atoms with van der Waals surface area (Å²) in [5.41, 5.74) is 0.924. The minimum atomic E-state index is 0.0445. The molecule has 2 aromatic heterocycles. The number of furan rings is 1. The zero-order valence-corrected chi connectivity index (χ0v) is 18.7. The number of ether oxygens (including phenoxy) is 1. The molecule has 1 aliphatic carbocycles. The maximum absolute atomic E-state index is 12.5. The Balaban J connectivity index is 1.47. The van der Waals surface area contributed by atoms with E-state index in [4.69, 9.17) is 9.15 Å². The molecule has 8 heteroatoms. The van der Waals surface area contributed by atoms with Gasteiger partial charge in [0.25, 0.3) is 0 Å². The summed E-state index contributed by atoms with van der Waals surface area (Å²) < 4.78 is 12.8. The van der Waals surface area contributed by atoms with Gasteiger partial charge in [-0.1, -0.05) is 18.7 Å². The minimum Gasteiger partial charge on any atom is -0.497 e. The Morgan fingerprint density at radius 1 is 1.19 bits per heavy atom. The Hall–Kier alpha value is -2.74. The summed E-state index contributed by atoms with van der Waals surface area (Å²) in [5, 5.41) is 12.6. The number of amides is 1. The molecular formula is C23H28N4O3S. The van der Waals surface area contributed by atoms with Gasteiger partial charge in [-0.05, 0) is 68.0 Å². The topological polar surface area (TPSA) is 82.2 Å². The molecule has 31 heavy (non-hydrogen) atoms. The number of nitrogens with one attached hydrogen (secondary N) is 1. The molecule has 1 aromatic carbocycles. The van der Waals surface area contributed by atoms with Crippen LogP contribution in [0.25, 0.3) is 11.4 Å². The molecule has 1 aliphatic rings. The largest absolute Gasteiger partial charge is 0.497 e. The number of methoxy groups -OCH3 is 1. The van der Waals surface area contributed by atoms with Gasteiger partial charge in [-0.25, -0.2) is 0 Å². The van der Waals surface area contributed by atoms with E-state index in [9.17, 15) is 4.79 Å². The van der Waals surface area contributed by atoms with Crippen LogP contribution in [-0.4, -0.2) is 39.6 Å². The van der Waals surface area contributed by atoms with Crippen LogP contribution in [0.4, 0.5) is 0 Å². The molecule has 3 aromatic rings. The molecule has 7 nitrogen and oxygen atoms in total. The van der Waals surface area contributed by atoms with Gasteiger partial charge in [0.2, 0.25) is 5.91 Å². The molecule has 1 N–H and O–H groups in total. The van der Waals surface area contributed by atoms with Crippen molar-refractivity contribution in [3.63, 3.8) is 0 Å². The standard InChI is InChI=1S/C23H28N4O3S/c1-16-5-9-18(10-6-16)24-21(28)15-31-23-26-25-22(17-7-11-19(29-2)12-8-17)27(23)14-20-4-3-13-30-20/h3-4,7-8,11-13,16,18H,5-6,9-10,14-15H2,1-2H3,(H,24,28). The van der Waals surface area contributed by atoms with Crippen molar-refractivity contribution >= 4 is 17.7 Å². The van der Waals surface area contributed by atoms with Gasteiger partial charge in [-0.15, -0.1) is 10.2 Å². The predicted molar refractivity (Wildman–Crippen MR) is 120 cm³/mol. The average molecular weight is 441 g/mol. The molecule has 0 atom stereocenters. The molecule has 2 heterocycles. The van der Waals surface area contributed by atoms with Crippen LogP contribution in [0.1, 0.15) is 38.4 Å². The molecule has 0 bridgehead atoms. The number of rotatable bonds is 8. The van der Waals surface area contributed by atoms with E-state index in [1.165, 1.54) is 24.6 Å². The molecule has 0 unspecified atom stereocenters. The van der Waals surface area contributed by atoms with Gasteiger partial charge >= 0.3 is 0 Å². The average Bonchev–Trinajstić information content (AvgIpc) is 3.44. The van der Waals surface area contributed by atoms with Crippen LogP contribution in [0.5, 0.6) is 5.75 Å². The van der Waals surface area contributed by atoms with E-state index in [0.717, 1.165) is 41.7 Å².